The van der Waals surface area contributed by atoms with E-state index < -0.39 is 0 Å². The minimum Gasteiger partial charge on any atom is -0.389 e. The fraction of sp³-hybridized carbons (Fsp3) is 0.769. The van der Waals surface area contributed by atoms with Gasteiger partial charge < -0.3 is 9.84 Å². The number of aliphatic hydroxyl groups is 1. The highest BCUT2D eigenvalue weighted by Crippen LogP contribution is 2.16. The Morgan fingerprint density at radius 1 is 1.44 bits per heavy atom. The summed E-state index contributed by atoms with van der Waals surface area (Å²) >= 11 is 0. The van der Waals surface area contributed by atoms with Gasteiger partial charge in [-0.1, -0.05) is 0 Å². The molecule has 1 aliphatic rings. The van der Waals surface area contributed by atoms with Gasteiger partial charge in [0.05, 0.1) is 25.0 Å². The van der Waals surface area contributed by atoms with Crippen molar-refractivity contribution in [2.45, 2.75) is 40.0 Å². The lowest BCUT2D eigenvalue weighted by Crippen LogP contribution is -2.32. The van der Waals surface area contributed by atoms with E-state index in [9.17, 15) is 5.11 Å². The molecule has 0 amide bonds. The van der Waals surface area contributed by atoms with Crippen molar-refractivity contribution in [3.8, 4) is 0 Å². The first-order chi connectivity index (χ1) is 8.61. The van der Waals surface area contributed by atoms with Gasteiger partial charge in [-0.3, -0.25) is 9.58 Å². The van der Waals surface area contributed by atoms with E-state index in [-0.39, 0.29) is 6.10 Å². The zero-order chi connectivity index (χ0) is 13.1. The molecule has 1 saturated heterocycles. The third-order valence-corrected chi connectivity index (χ3v) is 3.54. The first kappa shape index (κ1) is 13.5. The van der Waals surface area contributed by atoms with Gasteiger partial charge in [0.2, 0.25) is 0 Å². The minimum absolute atomic E-state index is 0.380. The van der Waals surface area contributed by atoms with Crippen molar-refractivity contribution in [2.75, 3.05) is 26.3 Å². The highest BCUT2D eigenvalue weighted by molar-refractivity contribution is 5.24. The monoisotopic (exact) mass is 253 g/mol. The van der Waals surface area contributed by atoms with Crippen LogP contribution in [0.3, 0.4) is 0 Å². The smallest absolute Gasteiger partial charge is 0.0900 e. The van der Waals surface area contributed by atoms with Crippen LogP contribution in [-0.4, -0.2) is 52.2 Å². The van der Waals surface area contributed by atoms with Crippen molar-refractivity contribution in [3.05, 3.63) is 17.0 Å². The summed E-state index contributed by atoms with van der Waals surface area (Å²) in [5.41, 5.74) is 3.61. The molecule has 2 heterocycles. The Morgan fingerprint density at radius 3 is 2.89 bits per heavy atom. The summed E-state index contributed by atoms with van der Waals surface area (Å²) in [6.45, 7) is 10.7. The Morgan fingerprint density at radius 2 is 2.22 bits per heavy atom. The summed E-state index contributed by atoms with van der Waals surface area (Å²) in [6, 6.07) is 0. The molecule has 2 rings (SSSR count). The number of rotatable bonds is 3. The quantitative estimate of drug-likeness (QED) is 0.862. The highest BCUT2D eigenvalue weighted by atomic mass is 16.5. The Hall–Kier alpha value is -0.910. The maximum absolute atomic E-state index is 9.74. The zero-order valence-corrected chi connectivity index (χ0v) is 11.5. The summed E-state index contributed by atoms with van der Waals surface area (Å²) < 4.78 is 7.39. The van der Waals surface area contributed by atoms with Crippen molar-refractivity contribution in [1.29, 1.82) is 0 Å². The Kier molecular flexibility index (Phi) is 4.37. The van der Waals surface area contributed by atoms with Crippen LogP contribution in [0.25, 0.3) is 0 Å². The maximum atomic E-state index is 9.74. The number of aromatic nitrogens is 2. The van der Waals surface area contributed by atoms with Crippen molar-refractivity contribution >= 4 is 0 Å². The van der Waals surface area contributed by atoms with Gasteiger partial charge in [0, 0.05) is 37.4 Å². The van der Waals surface area contributed by atoms with Crippen LogP contribution >= 0.6 is 0 Å². The van der Waals surface area contributed by atoms with E-state index in [0.717, 1.165) is 25.3 Å². The molecular formula is C13H23N3O2. The molecule has 1 aliphatic heterocycles. The van der Waals surface area contributed by atoms with Crippen LogP contribution in [0.1, 0.15) is 23.9 Å². The molecule has 5 nitrogen and oxygen atoms in total. The molecule has 1 fully saturated rings. The molecular weight excluding hydrogens is 230 g/mol. The average Bonchev–Trinajstić information content (AvgIpc) is 2.53. The van der Waals surface area contributed by atoms with Crippen LogP contribution in [0.15, 0.2) is 0 Å². The van der Waals surface area contributed by atoms with Gasteiger partial charge in [0.1, 0.15) is 0 Å². The van der Waals surface area contributed by atoms with Crippen LogP contribution in [-0.2, 0) is 17.8 Å². The van der Waals surface area contributed by atoms with Crippen molar-refractivity contribution in [1.82, 2.24) is 14.7 Å². The lowest BCUT2D eigenvalue weighted by molar-refractivity contribution is 0.0562. The predicted octanol–water partition coefficient (Wildman–Crippen LogP) is 0.713. The number of ether oxygens (including phenoxy) is 1. The predicted molar refractivity (Wildman–Crippen MR) is 69.5 cm³/mol. The standard InChI is InChI=1S/C13H23N3O2/c1-4-16-11(3)13(10(2)14-16)8-15-5-6-18-9-12(17)7-15/h12,17H,4-9H2,1-3H3. The van der Waals surface area contributed by atoms with Crippen molar-refractivity contribution in [3.63, 3.8) is 0 Å². The average molecular weight is 253 g/mol. The lowest BCUT2D eigenvalue weighted by atomic mass is 10.1. The molecule has 0 saturated carbocycles. The zero-order valence-electron chi connectivity index (χ0n) is 11.5. The van der Waals surface area contributed by atoms with E-state index >= 15 is 0 Å². The topological polar surface area (TPSA) is 50.5 Å². The molecule has 0 bridgehead atoms. The molecule has 0 spiro atoms. The third-order valence-electron chi connectivity index (χ3n) is 3.54. The maximum Gasteiger partial charge on any atom is 0.0900 e. The number of nitrogens with zero attached hydrogens (tertiary/aromatic N) is 3. The Balaban J connectivity index is 2.10. The summed E-state index contributed by atoms with van der Waals surface area (Å²) in [7, 11) is 0. The van der Waals surface area contributed by atoms with Gasteiger partial charge in [0.15, 0.2) is 0 Å². The fourth-order valence-corrected chi connectivity index (χ4v) is 2.49. The molecule has 5 heteroatoms. The van der Waals surface area contributed by atoms with E-state index in [1.54, 1.807) is 0 Å². The van der Waals surface area contributed by atoms with Crippen LogP contribution < -0.4 is 0 Å². The number of aryl methyl sites for hydroxylation is 2. The molecule has 1 aromatic rings. The fourth-order valence-electron chi connectivity index (χ4n) is 2.49. The van der Waals surface area contributed by atoms with Crippen LogP contribution in [0.4, 0.5) is 0 Å². The van der Waals surface area contributed by atoms with Gasteiger partial charge in [0.25, 0.3) is 0 Å². The third kappa shape index (κ3) is 2.91. The number of hydrogen-bond donors (Lipinski definition) is 1. The molecule has 0 aromatic carbocycles. The number of aliphatic hydroxyl groups excluding tert-OH is 1. The molecule has 1 unspecified atom stereocenters. The van der Waals surface area contributed by atoms with Gasteiger partial charge >= 0.3 is 0 Å². The largest absolute Gasteiger partial charge is 0.389 e. The molecule has 1 atom stereocenters. The Labute approximate surface area is 108 Å². The van der Waals surface area contributed by atoms with Crippen LogP contribution in [0.5, 0.6) is 0 Å². The van der Waals surface area contributed by atoms with Crippen LogP contribution in [0.2, 0.25) is 0 Å². The van der Waals surface area contributed by atoms with Gasteiger partial charge in [-0.15, -0.1) is 0 Å². The second-order valence-corrected chi connectivity index (χ2v) is 4.93. The summed E-state index contributed by atoms with van der Waals surface area (Å²) in [4.78, 5) is 2.24. The molecule has 0 radical (unpaired) electrons. The van der Waals surface area contributed by atoms with Crippen LogP contribution in [0, 0.1) is 13.8 Å². The molecule has 18 heavy (non-hydrogen) atoms. The van der Waals surface area contributed by atoms with Gasteiger partial charge in [-0.2, -0.15) is 5.10 Å². The first-order valence-electron chi connectivity index (χ1n) is 6.62. The molecule has 1 N–H and O–H groups in total. The van der Waals surface area contributed by atoms with E-state index in [1.807, 2.05) is 4.68 Å². The summed E-state index contributed by atoms with van der Waals surface area (Å²) in [6.07, 6.45) is -0.380. The minimum atomic E-state index is -0.380. The summed E-state index contributed by atoms with van der Waals surface area (Å²) in [5.74, 6) is 0. The van der Waals surface area contributed by atoms with Gasteiger partial charge in [-0.25, -0.2) is 0 Å². The second kappa shape index (κ2) is 5.82. The Bertz CT molecular complexity index is 403. The van der Waals surface area contributed by atoms with E-state index in [2.05, 4.69) is 30.8 Å². The molecule has 102 valence electrons. The van der Waals surface area contributed by atoms with Gasteiger partial charge in [-0.05, 0) is 20.8 Å². The highest BCUT2D eigenvalue weighted by Gasteiger charge is 2.19. The second-order valence-electron chi connectivity index (χ2n) is 4.93. The normalized spacial score (nSPS) is 22.1. The van der Waals surface area contributed by atoms with Crippen molar-refractivity contribution in [2.24, 2.45) is 0 Å². The summed E-state index contributed by atoms with van der Waals surface area (Å²) in [5, 5.41) is 14.3. The number of β-amino-alcohol motifs (C(OH)–C–C–N with tert-alkyl or cyclic N) is 1. The first-order valence-corrected chi connectivity index (χ1v) is 6.62. The van der Waals surface area contributed by atoms with E-state index in [1.165, 1.54) is 11.3 Å². The molecule has 0 aliphatic carbocycles. The lowest BCUT2D eigenvalue weighted by Gasteiger charge is -2.21. The van der Waals surface area contributed by atoms with Crippen molar-refractivity contribution < 1.29 is 9.84 Å². The molecule has 1 aromatic heterocycles. The van der Waals surface area contributed by atoms with E-state index in [4.69, 9.17) is 4.74 Å². The van der Waals surface area contributed by atoms with E-state index in [0.29, 0.717) is 19.8 Å². The number of hydrogen-bond acceptors (Lipinski definition) is 4. The SMILES string of the molecule is CCn1nc(C)c(CN2CCOCC(O)C2)c1C.